The highest BCUT2D eigenvalue weighted by molar-refractivity contribution is 7.91. The molecule has 0 unspecified atom stereocenters. The van der Waals surface area contributed by atoms with Crippen molar-refractivity contribution in [2.24, 2.45) is 0 Å². The van der Waals surface area contributed by atoms with Gasteiger partial charge in [-0.3, -0.25) is 0 Å². The zero-order valence-electron chi connectivity index (χ0n) is 10.7. The lowest BCUT2D eigenvalue weighted by Crippen LogP contribution is -2.24. The van der Waals surface area contributed by atoms with E-state index in [9.17, 15) is 8.42 Å². The molecule has 0 saturated heterocycles. The van der Waals surface area contributed by atoms with Crippen molar-refractivity contribution in [1.82, 2.24) is 0 Å². The molecule has 1 aromatic carbocycles. The summed E-state index contributed by atoms with van der Waals surface area (Å²) in [5.74, 6) is 0.518. The Balaban J connectivity index is 1.94. The minimum Gasteiger partial charge on any atom is -0.399 e. The third kappa shape index (κ3) is 2.96. The van der Waals surface area contributed by atoms with E-state index >= 15 is 0 Å². The number of rotatable bonds is 5. The molecule has 0 fully saturated rings. The Kier molecular flexibility index (Phi) is 3.80. The maximum Gasteiger partial charge on any atom is 0.150 e. The zero-order valence-corrected chi connectivity index (χ0v) is 11.5. The Morgan fingerprint density at radius 2 is 2.17 bits per heavy atom. The van der Waals surface area contributed by atoms with Crippen LogP contribution in [0.5, 0.6) is 0 Å². The molecule has 0 aromatic heterocycles. The fourth-order valence-electron chi connectivity index (χ4n) is 2.34. The maximum atomic E-state index is 11.4. The number of benzene rings is 1. The average molecular weight is 268 g/mol. The van der Waals surface area contributed by atoms with Crippen LogP contribution in [0.4, 0.5) is 11.4 Å². The Labute approximate surface area is 109 Å². The summed E-state index contributed by atoms with van der Waals surface area (Å²) in [5, 5.41) is 0. The number of nitrogens with zero attached hydrogens (tertiary/aromatic N) is 1. The van der Waals surface area contributed by atoms with Crippen molar-refractivity contribution in [2.75, 3.05) is 35.2 Å². The Bertz CT molecular complexity index is 526. The second-order valence-electron chi connectivity index (χ2n) is 4.72. The molecular weight excluding hydrogens is 248 g/mol. The van der Waals surface area contributed by atoms with Gasteiger partial charge in [0.05, 0.1) is 5.75 Å². The zero-order chi connectivity index (χ0) is 13.2. The van der Waals surface area contributed by atoms with Crippen molar-refractivity contribution in [3.05, 3.63) is 23.8 Å². The normalized spacial score (nSPS) is 14.8. The van der Waals surface area contributed by atoms with Gasteiger partial charge in [0.1, 0.15) is 9.84 Å². The predicted octanol–water partition coefficient (Wildman–Crippen LogP) is 1.46. The summed E-state index contributed by atoms with van der Waals surface area (Å²) in [6.07, 6.45) is 1.70. The fourth-order valence-corrected chi connectivity index (χ4v) is 3.20. The molecule has 0 spiro atoms. The minimum atomic E-state index is -2.84. The summed E-state index contributed by atoms with van der Waals surface area (Å²) < 4.78 is 22.9. The molecule has 0 atom stereocenters. The smallest absolute Gasteiger partial charge is 0.150 e. The summed E-state index contributed by atoms with van der Waals surface area (Å²) in [4.78, 5) is 2.25. The van der Waals surface area contributed by atoms with Crippen LogP contribution in [-0.4, -0.2) is 33.0 Å². The number of hydrogen-bond donors (Lipinski definition) is 1. The molecule has 4 nitrogen and oxygen atoms in total. The molecule has 0 aliphatic carbocycles. The molecular formula is C13H20N2O2S. The van der Waals surface area contributed by atoms with Gasteiger partial charge < -0.3 is 10.6 Å². The van der Waals surface area contributed by atoms with Crippen molar-refractivity contribution in [2.45, 2.75) is 19.8 Å². The number of anilines is 2. The SMILES string of the molecule is CCS(=O)(=O)CCCN1CCc2cc(N)ccc21. The van der Waals surface area contributed by atoms with Gasteiger partial charge in [0, 0.05) is 30.2 Å². The molecule has 18 heavy (non-hydrogen) atoms. The lowest BCUT2D eigenvalue weighted by Gasteiger charge is -2.19. The molecule has 0 amide bonds. The van der Waals surface area contributed by atoms with Crippen LogP contribution >= 0.6 is 0 Å². The largest absolute Gasteiger partial charge is 0.399 e. The van der Waals surface area contributed by atoms with Gasteiger partial charge in [-0.25, -0.2) is 8.42 Å². The van der Waals surface area contributed by atoms with E-state index in [1.165, 1.54) is 11.3 Å². The van der Waals surface area contributed by atoms with Crippen LogP contribution in [0.25, 0.3) is 0 Å². The second kappa shape index (κ2) is 5.18. The van der Waals surface area contributed by atoms with Gasteiger partial charge in [-0.05, 0) is 36.6 Å². The molecule has 0 radical (unpaired) electrons. The average Bonchev–Trinajstić information content (AvgIpc) is 2.71. The second-order valence-corrected chi connectivity index (χ2v) is 7.19. The number of hydrogen-bond acceptors (Lipinski definition) is 4. The molecule has 1 aromatic rings. The van der Waals surface area contributed by atoms with Crippen LogP contribution in [0.1, 0.15) is 18.9 Å². The van der Waals surface area contributed by atoms with E-state index in [0.29, 0.717) is 6.42 Å². The topological polar surface area (TPSA) is 63.4 Å². The first-order valence-corrected chi connectivity index (χ1v) is 8.18. The molecule has 1 aliphatic heterocycles. The molecule has 1 heterocycles. The molecule has 0 bridgehead atoms. The first kappa shape index (κ1) is 13.2. The lowest BCUT2D eigenvalue weighted by molar-refractivity contribution is 0.594. The quantitative estimate of drug-likeness (QED) is 0.821. The van der Waals surface area contributed by atoms with Crippen LogP contribution in [0.3, 0.4) is 0 Å². The van der Waals surface area contributed by atoms with Crippen LogP contribution in [0, 0.1) is 0 Å². The Morgan fingerprint density at radius 3 is 2.89 bits per heavy atom. The predicted molar refractivity (Wildman–Crippen MR) is 75.7 cm³/mol. The third-order valence-electron chi connectivity index (χ3n) is 3.42. The van der Waals surface area contributed by atoms with Crippen molar-refractivity contribution in [1.29, 1.82) is 0 Å². The van der Waals surface area contributed by atoms with Gasteiger partial charge >= 0.3 is 0 Å². The number of nitrogen functional groups attached to an aromatic ring is 1. The van der Waals surface area contributed by atoms with Crippen molar-refractivity contribution >= 4 is 21.2 Å². The van der Waals surface area contributed by atoms with Gasteiger partial charge in [-0.1, -0.05) is 6.92 Å². The molecule has 0 saturated carbocycles. The van der Waals surface area contributed by atoms with Crippen LogP contribution in [-0.2, 0) is 16.3 Å². The Hall–Kier alpha value is -1.23. The number of sulfone groups is 1. The van der Waals surface area contributed by atoms with E-state index in [-0.39, 0.29) is 11.5 Å². The molecule has 2 N–H and O–H groups in total. The van der Waals surface area contributed by atoms with E-state index in [1.54, 1.807) is 6.92 Å². The highest BCUT2D eigenvalue weighted by atomic mass is 32.2. The van der Waals surface area contributed by atoms with E-state index in [4.69, 9.17) is 5.73 Å². The monoisotopic (exact) mass is 268 g/mol. The molecule has 100 valence electrons. The van der Waals surface area contributed by atoms with Gasteiger partial charge in [0.2, 0.25) is 0 Å². The number of nitrogens with two attached hydrogens (primary N) is 1. The van der Waals surface area contributed by atoms with E-state index in [1.807, 2.05) is 18.2 Å². The van der Waals surface area contributed by atoms with Gasteiger partial charge in [-0.2, -0.15) is 0 Å². The molecule has 1 aliphatic rings. The van der Waals surface area contributed by atoms with Gasteiger partial charge in [-0.15, -0.1) is 0 Å². The van der Waals surface area contributed by atoms with Gasteiger partial charge in [0.15, 0.2) is 0 Å². The van der Waals surface area contributed by atoms with Crippen LogP contribution in [0.2, 0.25) is 0 Å². The van der Waals surface area contributed by atoms with Gasteiger partial charge in [0.25, 0.3) is 0 Å². The summed E-state index contributed by atoms with van der Waals surface area (Å²) in [6.45, 7) is 3.46. The molecule has 5 heteroatoms. The highest BCUT2D eigenvalue weighted by Crippen LogP contribution is 2.29. The highest BCUT2D eigenvalue weighted by Gasteiger charge is 2.19. The maximum absolute atomic E-state index is 11.4. The number of fused-ring (bicyclic) bond motifs is 1. The fraction of sp³-hybridized carbons (Fsp3) is 0.538. The van der Waals surface area contributed by atoms with Crippen LogP contribution in [0.15, 0.2) is 18.2 Å². The minimum absolute atomic E-state index is 0.236. The van der Waals surface area contributed by atoms with Crippen molar-refractivity contribution in [3.8, 4) is 0 Å². The Morgan fingerprint density at radius 1 is 1.39 bits per heavy atom. The summed E-state index contributed by atoms with van der Waals surface area (Å²) in [7, 11) is -2.84. The van der Waals surface area contributed by atoms with E-state index in [2.05, 4.69) is 4.90 Å². The first-order chi connectivity index (χ1) is 8.52. The molecule has 2 rings (SSSR count). The van der Waals surface area contributed by atoms with E-state index < -0.39 is 9.84 Å². The van der Waals surface area contributed by atoms with Crippen LogP contribution < -0.4 is 10.6 Å². The van der Waals surface area contributed by atoms with Crippen molar-refractivity contribution in [3.63, 3.8) is 0 Å². The first-order valence-electron chi connectivity index (χ1n) is 6.35. The lowest BCUT2D eigenvalue weighted by atomic mass is 10.1. The third-order valence-corrected chi connectivity index (χ3v) is 5.21. The standard InChI is InChI=1S/C13H20N2O2S/c1-2-18(16,17)9-3-7-15-8-6-11-10-12(14)4-5-13(11)15/h4-5,10H,2-3,6-9,14H2,1H3. The summed E-state index contributed by atoms with van der Waals surface area (Å²) >= 11 is 0. The summed E-state index contributed by atoms with van der Waals surface area (Å²) in [5.41, 5.74) is 9.03. The van der Waals surface area contributed by atoms with Crippen molar-refractivity contribution < 1.29 is 8.42 Å². The van der Waals surface area contributed by atoms with E-state index in [0.717, 1.165) is 25.2 Å². The summed E-state index contributed by atoms with van der Waals surface area (Å²) in [6, 6.07) is 5.95.